The van der Waals surface area contributed by atoms with E-state index in [-0.39, 0.29) is 32.5 Å². The number of aliphatic hydroxyl groups is 1. The second-order valence-electron chi connectivity index (χ2n) is 9.50. The molecule has 5 rings (SSSR count). The second-order valence-corrected chi connectivity index (χ2v) is 12.3. The van der Waals surface area contributed by atoms with Crippen molar-refractivity contribution in [2.45, 2.75) is 27.7 Å². The Labute approximate surface area is 294 Å². The van der Waals surface area contributed by atoms with Gasteiger partial charge in [-0.25, -0.2) is 0 Å². The van der Waals surface area contributed by atoms with Crippen LogP contribution < -0.4 is 12.4 Å². The van der Waals surface area contributed by atoms with Gasteiger partial charge in [-0.3, -0.25) is 9.97 Å². The summed E-state index contributed by atoms with van der Waals surface area (Å²) >= 11 is 11.7. The summed E-state index contributed by atoms with van der Waals surface area (Å²) in [7, 11) is -9.66. The van der Waals surface area contributed by atoms with Gasteiger partial charge in [0.15, 0.2) is 0 Å². The van der Waals surface area contributed by atoms with Gasteiger partial charge in [0.1, 0.15) is 0 Å². The summed E-state index contributed by atoms with van der Waals surface area (Å²) in [5.74, 6) is 0. The minimum Gasteiger partial charge on any atom is -1.00 e. The average Bonchev–Trinajstić information content (AvgIpc) is 3.15. The van der Waals surface area contributed by atoms with Crippen molar-refractivity contribution in [3.63, 3.8) is 0 Å². The van der Waals surface area contributed by atoms with E-state index in [1.807, 2.05) is 0 Å². The predicted octanol–water partition coefficient (Wildman–Crippen LogP) is 9.42. The molecule has 1 N–H and O–H groups in total. The van der Waals surface area contributed by atoms with Crippen molar-refractivity contribution in [2.75, 3.05) is 7.11 Å². The van der Waals surface area contributed by atoms with E-state index < -0.39 is 7.81 Å². The molecule has 0 saturated heterocycles. The Morgan fingerprint density at radius 3 is 1.30 bits per heavy atom. The molecule has 252 valence electrons. The van der Waals surface area contributed by atoms with E-state index in [0.29, 0.717) is 10.0 Å². The Morgan fingerprint density at radius 1 is 0.609 bits per heavy atom. The topological polar surface area (TPSA) is 46.0 Å². The zero-order valence-electron chi connectivity index (χ0n) is 25.2. The third kappa shape index (κ3) is 15.0. The normalized spacial score (nSPS) is 11.7. The minimum absolute atomic E-state index is 0. The molecule has 3 aromatic carbocycles. The van der Waals surface area contributed by atoms with E-state index in [0.717, 1.165) is 18.5 Å². The van der Waals surface area contributed by atoms with Crippen molar-refractivity contribution in [3.8, 4) is 33.6 Å². The molecule has 0 amide bonds. The van der Waals surface area contributed by atoms with E-state index in [2.05, 4.69) is 92.3 Å². The molecule has 0 atom stereocenters. The van der Waals surface area contributed by atoms with Crippen LogP contribution in [0.2, 0.25) is 10.0 Å². The van der Waals surface area contributed by atoms with Crippen molar-refractivity contribution >= 4 is 31.0 Å². The van der Waals surface area contributed by atoms with Gasteiger partial charge in [0, 0.05) is 29.5 Å². The number of aromatic nitrogens is 2. The Hall–Kier alpha value is -2.42. The fraction of sp³-hybridized carbons (Fsp3) is 0.156. The largest absolute Gasteiger partial charge is 3.00 e. The molecule has 0 fully saturated rings. The van der Waals surface area contributed by atoms with Crippen LogP contribution in [-0.2, 0) is 20.1 Å². The molecule has 2 aromatic heterocycles. The summed E-state index contributed by atoms with van der Waals surface area (Å²) in [4.78, 5) is 8.29. The van der Waals surface area contributed by atoms with Crippen LogP contribution in [0.1, 0.15) is 22.3 Å². The quantitative estimate of drug-likeness (QED) is 0.112. The van der Waals surface area contributed by atoms with Crippen LogP contribution in [0.4, 0.5) is 25.2 Å². The molecule has 14 heteroatoms. The van der Waals surface area contributed by atoms with Crippen molar-refractivity contribution in [1.82, 2.24) is 9.97 Å². The molecule has 0 saturated carbocycles. The Morgan fingerprint density at radius 2 is 0.957 bits per heavy atom. The number of nitrogens with zero attached hydrogens (tertiary/aromatic N) is 2. The number of hydrogen-bond donors (Lipinski definition) is 1. The monoisotopic (exact) mass is 902 g/mol. The zero-order valence-corrected chi connectivity index (χ0v) is 30.7. The SMILES string of the molecule is CO.Cc1c(C)c(C)[c-](-c2ccc(-c3ccccc3)cc2)c1C.Clc1ccnc(-c2cc(Cl)ccn2)c1.F[P-](F)(F)(F)(F)F.[Cl-].[Ir+3]. The van der Waals surface area contributed by atoms with Crippen LogP contribution >= 0.6 is 31.0 Å². The van der Waals surface area contributed by atoms with Crippen LogP contribution in [0.5, 0.6) is 0 Å². The van der Waals surface area contributed by atoms with E-state index in [4.69, 9.17) is 28.3 Å². The van der Waals surface area contributed by atoms with Crippen LogP contribution in [0.15, 0.2) is 91.3 Å². The summed E-state index contributed by atoms with van der Waals surface area (Å²) in [6.07, 6.45) is 3.28. The summed E-state index contributed by atoms with van der Waals surface area (Å²) in [5.41, 5.74) is 12.4. The van der Waals surface area contributed by atoms with Crippen LogP contribution in [-0.4, -0.2) is 22.2 Å². The average molecular weight is 903 g/mol. The second kappa shape index (κ2) is 17.1. The standard InChI is InChI=1S/C21H21.C10H6Cl2N2.CH4O.ClH.F6P.Ir/c1-14-15(2)17(4)21(16(14)3)20-12-10-19(11-13-20)18-8-6-5-7-9-18;11-7-1-3-13-9(5-7)10-6-8(12)2-4-14-10;1-2;;1-7(2,3,4,5)6;/h5-13H,1-4H3;1-6H;2H,1H3;1H;;/q-1;;;;-1;+3/p-1. The Balaban J connectivity index is 0.000000704. The molecule has 0 spiro atoms. The van der Waals surface area contributed by atoms with Gasteiger partial charge in [0.05, 0.1) is 11.4 Å². The molecule has 0 bridgehead atoms. The molecule has 0 aliphatic rings. The molecule has 0 unspecified atom stereocenters. The van der Waals surface area contributed by atoms with Crippen LogP contribution in [0.3, 0.4) is 0 Å². The smallest absolute Gasteiger partial charge is 1.00 e. The van der Waals surface area contributed by atoms with Crippen LogP contribution in [0.25, 0.3) is 33.6 Å². The van der Waals surface area contributed by atoms with Crippen molar-refractivity contribution in [3.05, 3.63) is 124 Å². The van der Waals surface area contributed by atoms with Gasteiger partial charge in [-0.05, 0) is 35.4 Å². The minimum atomic E-state index is -10.7. The Bertz CT molecular complexity index is 1610. The van der Waals surface area contributed by atoms with Crippen molar-refractivity contribution < 1.29 is 62.8 Å². The van der Waals surface area contributed by atoms with Gasteiger partial charge in [0.2, 0.25) is 0 Å². The van der Waals surface area contributed by atoms with Crippen LogP contribution in [0, 0.1) is 27.7 Å². The maximum Gasteiger partial charge on any atom is 3.00 e. The van der Waals surface area contributed by atoms with Gasteiger partial charge in [-0.15, -0.1) is 39.9 Å². The third-order valence-electron chi connectivity index (χ3n) is 6.42. The Kier molecular flexibility index (Phi) is 16.2. The fourth-order valence-corrected chi connectivity index (χ4v) is 4.52. The maximum absolute atomic E-state index is 10.7. The first-order valence-corrected chi connectivity index (χ1v) is 15.7. The number of halogens is 9. The predicted molar refractivity (Wildman–Crippen MR) is 171 cm³/mol. The first kappa shape index (κ1) is 43.6. The van der Waals surface area contributed by atoms with E-state index in [1.165, 1.54) is 44.5 Å². The molecule has 5 aromatic rings. The number of aliphatic hydroxyl groups excluding tert-OH is 1. The first-order chi connectivity index (χ1) is 20.3. The summed E-state index contributed by atoms with van der Waals surface area (Å²) in [6.45, 7) is 8.91. The summed E-state index contributed by atoms with van der Waals surface area (Å²) in [6, 6.07) is 26.4. The molecule has 2 heterocycles. The molecular formula is C32H31Cl3F6IrN2OP. The van der Waals surface area contributed by atoms with Gasteiger partial charge in [0.25, 0.3) is 0 Å². The number of benzene rings is 2. The van der Waals surface area contributed by atoms with E-state index in [9.17, 15) is 25.2 Å². The summed E-state index contributed by atoms with van der Waals surface area (Å²) in [5, 5.41) is 8.27. The van der Waals surface area contributed by atoms with Crippen molar-refractivity contribution in [2.24, 2.45) is 0 Å². The fourth-order valence-electron chi connectivity index (χ4n) is 4.20. The number of hydrogen-bond acceptors (Lipinski definition) is 3. The van der Waals surface area contributed by atoms with Gasteiger partial charge in [-0.1, -0.05) is 98.9 Å². The van der Waals surface area contributed by atoms with Gasteiger partial charge >= 0.3 is 53.1 Å². The molecule has 0 aliphatic carbocycles. The summed E-state index contributed by atoms with van der Waals surface area (Å²) < 4.78 is 59.2. The number of rotatable bonds is 3. The van der Waals surface area contributed by atoms with Gasteiger partial charge < -0.3 is 17.5 Å². The molecule has 46 heavy (non-hydrogen) atoms. The van der Waals surface area contributed by atoms with Gasteiger partial charge in [-0.2, -0.15) is 0 Å². The van der Waals surface area contributed by atoms with Crippen molar-refractivity contribution in [1.29, 1.82) is 0 Å². The third-order valence-corrected chi connectivity index (χ3v) is 6.89. The number of pyridine rings is 2. The maximum atomic E-state index is 9.87. The van der Waals surface area contributed by atoms with E-state index >= 15 is 0 Å². The van der Waals surface area contributed by atoms with E-state index in [1.54, 1.807) is 36.7 Å². The molecular weight excluding hydrogens is 872 g/mol. The molecule has 0 radical (unpaired) electrons. The first-order valence-electron chi connectivity index (χ1n) is 12.9. The molecule has 0 aliphatic heterocycles. The zero-order chi connectivity index (χ0) is 33.4. The molecule has 3 nitrogen and oxygen atoms in total.